The molecule has 1 aliphatic rings. The number of nitrogens with zero attached hydrogens (tertiary/aromatic N) is 2. The number of hydrogen-bond donors (Lipinski definition) is 1. The lowest BCUT2D eigenvalue weighted by Crippen LogP contribution is -2.43. The lowest BCUT2D eigenvalue weighted by Gasteiger charge is -2.31. The minimum absolute atomic E-state index is 0.0949. The van der Waals surface area contributed by atoms with Crippen molar-refractivity contribution < 1.29 is 13.3 Å². The Kier molecular flexibility index (Phi) is 4.82. The molecule has 116 valence electrons. The summed E-state index contributed by atoms with van der Waals surface area (Å²) in [5, 5.41) is 13.7. The molecule has 0 saturated carbocycles. The van der Waals surface area contributed by atoms with Crippen molar-refractivity contribution in [3.05, 3.63) is 33.3 Å². The highest BCUT2D eigenvalue weighted by atomic mass is 35.5. The van der Waals surface area contributed by atoms with E-state index in [1.165, 1.54) is 17.4 Å². The van der Waals surface area contributed by atoms with Crippen molar-refractivity contribution in [2.24, 2.45) is 0 Å². The summed E-state index contributed by atoms with van der Waals surface area (Å²) in [6.45, 7) is 1.52. The van der Waals surface area contributed by atoms with Crippen LogP contribution >= 0.6 is 11.6 Å². The molecule has 0 aliphatic carbocycles. The van der Waals surface area contributed by atoms with Crippen LogP contribution in [0.15, 0.2) is 23.1 Å². The first kappa shape index (κ1) is 16.2. The number of non-ortho nitro benzene ring substituents is 1. The predicted octanol–water partition coefficient (Wildman–Crippen LogP) is 1.62. The lowest BCUT2D eigenvalue weighted by atomic mass is 10.1. The van der Waals surface area contributed by atoms with Crippen LogP contribution in [-0.4, -0.2) is 43.8 Å². The van der Waals surface area contributed by atoms with Gasteiger partial charge in [0.15, 0.2) is 0 Å². The Labute approximate surface area is 128 Å². The number of nitrogens with one attached hydrogen (secondary N) is 1. The highest BCUT2D eigenvalue weighted by Gasteiger charge is 2.31. The first-order valence-corrected chi connectivity index (χ1v) is 8.28. The van der Waals surface area contributed by atoms with Gasteiger partial charge in [0, 0.05) is 25.2 Å². The van der Waals surface area contributed by atoms with Gasteiger partial charge in [0.05, 0.1) is 9.95 Å². The zero-order chi connectivity index (χ0) is 15.6. The summed E-state index contributed by atoms with van der Waals surface area (Å²) in [4.78, 5) is 9.96. The van der Waals surface area contributed by atoms with Crippen LogP contribution < -0.4 is 5.32 Å². The normalized spacial score (nSPS) is 17.1. The molecular formula is C12H16ClN3O4S. The van der Waals surface area contributed by atoms with Gasteiger partial charge in [0.25, 0.3) is 5.69 Å². The fourth-order valence-corrected chi connectivity index (χ4v) is 4.26. The maximum absolute atomic E-state index is 12.6. The summed E-state index contributed by atoms with van der Waals surface area (Å²) in [6.07, 6.45) is 1.45. The first-order chi connectivity index (χ1) is 9.84. The quantitative estimate of drug-likeness (QED) is 0.667. The van der Waals surface area contributed by atoms with Gasteiger partial charge in [-0.2, -0.15) is 4.31 Å². The summed E-state index contributed by atoms with van der Waals surface area (Å²) in [7, 11) is -2.24. The summed E-state index contributed by atoms with van der Waals surface area (Å²) in [6, 6.07) is 3.30. The van der Waals surface area contributed by atoms with E-state index in [2.05, 4.69) is 5.32 Å². The standard InChI is InChI=1S/C12H16ClN3O4S/c1-15(9-4-6-14-7-5-9)21(19,20)12-3-2-10(16(17)18)8-11(12)13/h2-3,8-9,14H,4-7H2,1H3. The third-order valence-corrected chi connectivity index (χ3v) is 6.00. The Morgan fingerprint density at radius 2 is 2.00 bits per heavy atom. The highest BCUT2D eigenvalue weighted by Crippen LogP contribution is 2.29. The second-order valence-corrected chi connectivity index (χ2v) is 7.25. The minimum atomic E-state index is -3.76. The first-order valence-electron chi connectivity index (χ1n) is 6.46. The number of hydrogen-bond acceptors (Lipinski definition) is 5. The van der Waals surface area contributed by atoms with Crippen molar-refractivity contribution in [2.45, 2.75) is 23.8 Å². The maximum Gasteiger partial charge on any atom is 0.271 e. The van der Waals surface area contributed by atoms with Crippen LogP contribution in [0.1, 0.15) is 12.8 Å². The van der Waals surface area contributed by atoms with Gasteiger partial charge >= 0.3 is 0 Å². The zero-order valence-corrected chi connectivity index (χ0v) is 13.0. The molecule has 0 bridgehead atoms. The number of rotatable bonds is 4. The van der Waals surface area contributed by atoms with E-state index in [1.54, 1.807) is 0 Å². The molecule has 1 saturated heterocycles. The Morgan fingerprint density at radius 1 is 1.38 bits per heavy atom. The Morgan fingerprint density at radius 3 is 2.52 bits per heavy atom. The van der Waals surface area contributed by atoms with Crippen molar-refractivity contribution in [3.63, 3.8) is 0 Å². The number of benzene rings is 1. The number of sulfonamides is 1. The fraction of sp³-hybridized carbons (Fsp3) is 0.500. The molecule has 9 heteroatoms. The fourth-order valence-electron chi connectivity index (χ4n) is 2.33. The van der Waals surface area contributed by atoms with Crippen molar-refractivity contribution in [1.29, 1.82) is 0 Å². The van der Waals surface area contributed by atoms with Gasteiger partial charge in [-0.05, 0) is 32.0 Å². The summed E-state index contributed by atoms with van der Waals surface area (Å²) in [5.41, 5.74) is -0.233. The van der Waals surface area contributed by atoms with Crippen molar-refractivity contribution in [2.75, 3.05) is 20.1 Å². The van der Waals surface area contributed by atoms with E-state index in [4.69, 9.17) is 11.6 Å². The molecule has 1 fully saturated rings. The molecular weight excluding hydrogens is 318 g/mol. The molecule has 21 heavy (non-hydrogen) atoms. The van der Waals surface area contributed by atoms with E-state index < -0.39 is 14.9 Å². The van der Waals surface area contributed by atoms with Gasteiger partial charge in [-0.1, -0.05) is 11.6 Å². The highest BCUT2D eigenvalue weighted by molar-refractivity contribution is 7.89. The average molecular weight is 334 g/mol. The second kappa shape index (κ2) is 6.27. The Bertz CT molecular complexity index is 644. The third-order valence-electron chi connectivity index (χ3n) is 3.61. The van der Waals surface area contributed by atoms with Crippen LogP contribution in [0.3, 0.4) is 0 Å². The summed E-state index contributed by atoms with van der Waals surface area (Å²) >= 11 is 5.92. The van der Waals surface area contributed by atoms with E-state index in [9.17, 15) is 18.5 Å². The van der Waals surface area contributed by atoms with E-state index in [1.807, 2.05) is 0 Å². The predicted molar refractivity (Wildman–Crippen MR) is 78.9 cm³/mol. The molecule has 0 amide bonds. The van der Waals surface area contributed by atoms with Crippen LogP contribution in [0.5, 0.6) is 0 Å². The Hall–Kier alpha value is -1.22. The van der Waals surface area contributed by atoms with Gasteiger partial charge in [0.1, 0.15) is 4.90 Å². The van der Waals surface area contributed by atoms with E-state index >= 15 is 0 Å². The van der Waals surface area contributed by atoms with Crippen LogP contribution in [0.2, 0.25) is 5.02 Å². The van der Waals surface area contributed by atoms with Crippen LogP contribution in [-0.2, 0) is 10.0 Å². The number of piperidine rings is 1. The van der Waals surface area contributed by atoms with Crippen LogP contribution in [0.4, 0.5) is 5.69 Å². The van der Waals surface area contributed by atoms with Crippen molar-refractivity contribution >= 4 is 27.3 Å². The molecule has 0 unspecified atom stereocenters. The number of halogens is 1. The van der Waals surface area contributed by atoms with Gasteiger partial charge < -0.3 is 5.32 Å². The van der Waals surface area contributed by atoms with Crippen LogP contribution in [0.25, 0.3) is 0 Å². The van der Waals surface area contributed by atoms with Crippen LogP contribution in [0, 0.1) is 10.1 Å². The topological polar surface area (TPSA) is 92.6 Å². The van der Waals surface area contributed by atoms with Crippen molar-refractivity contribution in [1.82, 2.24) is 9.62 Å². The molecule has 0 spiro atoms. The minimum Gasteiger partial charge on any atom is -0.317 e. The van der Waals surface area contributed by atoms with Gasteiger partial charge in [-0.15, -0.1) is 0 Å². The number of nitro groups is 1. The van der Waals surface area contributed by atoms with E-state index in [0.717, 1.165) is 38.1 Å². The summed E-state index contributed by atoms with van der Waals surface area (Å²) < 4.78 is 26.5. The van der Waals surface area contributed by atoms with E-state index in [0.29, 0.717) is 0 Å². The van der Waals surface area contributed by atoms with Gasteiger partial charge in [0.2, 0.25) is 10.0 Å². The molecule has 1 N–H and O–H groups in total. The van der Waals surface area contributed by atoms with Gasteiger partial charge in [-0.25, -0.2) is 8.42 Å². The third kappa shape index (κ3) is 3.34. The lowest BCUT2D eigenvalue weighted by molar-refractivity contribution is -0.384. The molecule has 1 aromatic carbocycles. The molecule has 1 aromatic rings. The smallest absolute Gasteiger partial charge is 0.271 e. The monoisotopic (exact) mass is 333 g/mol. The summed E-state index contributed by atoms with van der Waals surface area (Å²) in [5.74, 6) is 0. The van der Waals surface area contributed by atoms with Gasteiger partial charge in [-0.3, -0.25) is 10.1 Å². The SMILES string of the molecule is CN(C1CCNCC1)S(=O)(=O)c1ccc([N+](=O)[O-])cc1Cl. The average Bonchev–Trinajstić information content (AvgIpc) is 2.46. The molecule has 0 aromatic heterocycles. The largest absolute Gasteiger partial charge is 0.317 e. The Balaban J connectivity index is 2.32. The molecule has 7 nitrogen and oxygen atoms in total. The molecule has 1 aliphatic heterocycles. The van der Waals surface area contributed by atoms with E-state index in [-0.39, 0.29) is 21.6 Å². The second-order valence-electron chi connectivity index (χ2n) is 4.87. The molecule has 2 rings (SSSR count). The van der Waals surface area contributed by atoms with Crippen molar-refractivity contribution in [3.8, 4) is 0 Å². The molecule has 0 radical (unpaired) electrons. The number of nitro benzene ring substituents is 1. The maximum atomic E-state index is 12.6. The molecule has 0 atom stereocenters. The molecule has 1 heterocycles. The zero-order valence-electron chi connectivity index (χ0n) is 11.5.